The second-order valence-electron chi connectivity index (χ2n) is 5.91. The van der Waals surface area contributed by atoms with Crippen molar-refractivity contribution in [2.45, 2.75) is 0 Å². The van der Waals surface area contributed by atoms with Crippen molar-refractivity contribution >= 4 is 29.6 Å². The van der Waals surface area contributed by atoms with Gasteiger partial charge in [-0.25, -0.2) is 4.98 Å². The van der Waals surface area contributed by atoms with Crippen molar-refractivity contribution in [2.24, 2.45) is 0 Å². The average Bonchev–Trinajstić information content (AvgIpc) is 3.14. The normalized spacial score (nSPS) is 10.9. The summed E-state index contributed by atoms with van der Waals surface area (Å²) < 4.78 is 13.3. The van der Waals surface area contributed by atoms with E-state index in [1.54, 1.807) is 20.4 Å². The number of aromatic nitrogens is 3. The number of fused-ring (bicyclic) bond motifs is 1. The predicted octanol–water partition coefficient (Wildman–Crippen LogP) is 5.40. The van der Waals surface area contributed by atoms with Crippen molar-refractivity contribution in [1.29, 1.82) is 0 Å². The highest BCUT2D eigenvalue weighted by atomic mass is 35.5. The van der Waals surface area contributed by atoms with Crippen LogP contribution < -0.4 is 9.47 Å². The van der Waals surface area contributed by atoms with Crippen LogP contribution >= 0.6 is 23.8 Å². The fourth-order valence-electron chi connectivity index (χ4n) is 2.95. The van der Waals surface area contributed by atoms with Crippen molar-refractivity contribution in [3.05, 3.63) is 64.5 Å². The summed E-state index contributed by atoms with van der Waals surface area (Å²) in [5.41, 5.74) is 3.58. The molecule has 0 atom stereocenters. The van der Waals surface area contributed by atoms with Gasteiger partial charge >= 0.3 is 0 Å². The van der Waals surface area contributed by atoms with Crippen LogP contribution in [-0.4, -0.2) is 28.6 Å². The lowest BCUT2D eigenvalue weighted by atomic mass is 10.1. The van der Waals surface area contributed by atoms with Gasteiger partial charge in [0.2, 0.25) is 5.78 Å². The number of hydrogen-bond donors (Lipinski definition) is 1. The number of methoxy groups -OCH3 is 2. The average molecular weight is 398 g/mol. The van der Waals surface area contributed by atoms with Gasteiger partial charge in [0.05, 0.1) is 19.9 Å². The monoisotopic (exact) mass is 397 g/mol. The molecule has 0 fully saturated rings. The molecule has 136 valence electrons. The van der Waals surface area contributed by atoms with Crippen LogP contribution in [-0.2, 0) is 0 Å². The van der Waals surface area contributed by atoms with E-state index in [1.807, 2.05) is 53.1 Å². The number of hydrogen-bond acceptors (Lipinski definition) is 4. The summed E-state index contributed by atoms with van der Waals surface area (Å²) in [6.45, 7) is 0. The Morgan fingerprint density at radius 3 is 2.52 bits per heavy atom. The van der Waals surface area contributed by atoms with Crippen LogP contribution in [0, 0.1) is 4.64 Å². The summed E-state index contributed by atoms with van der Waals surface area (Å²) in [7, 11) is 3.24. The van der Waals surface area contributed by atoms with Crippen LogP contribution in [0.2, 0.25) is 5.02 Å². The number of halogens is 1. The number of nitrogens with one attached hydrogen (secondary N) is 1. The fraction of sp³-hybridized carbons (Fsp3) is 0.100. The SMILES string of the molecule is COc1ccc(-c2cnc3[nH]c(-c4ccc(Cl)cc4)cn3c2=S)c(OC)c1. The Morgan fingerprint density at radius 2 is 1.81 bits per heavy atom. The maximum Gasteiger partial charge on any atom is 0.212 e. The largest absolute Gasteiger partial charge is 0.497 e. The molecule has 2 aromatic heterocycles. The topological polar surface area (TPSA) is 51.5 Å². The molecule has 4 rings (SSSR count). The Kier molecular flexibility index (Phi) is 4.59. The number of benzene rings is 2. The van der Waals surface area contributed by atoms with Gasteiger partial charge < -0.3 is 14.5 Å². The molecule has 5 nitrogen and oxygen atoms in total. The zero-order valence-electron chi connectivity index (χ0n) is 14.7. The molecule has 0 spiro atoms. The third-order valence-electron chi connectivity index (χ3n) is 4.35. The molecule has 2 heterocycles. The summed E-state index contributed by atoms with van der Waals surface area (Å²) in [6.07, 6.45) is 3.69. The molecular formula is C20H16ClN3O2S. The minimum Gasteiger partial charge on any atom is -0.497 e. The molecule has 7 heteroatoms. The molecule has 0 bridgehead atoms. The van der Waals surface area contributed by atoms with Crippen molar-refractivity contribution in [3.63, 3.8) is 0 Å². The van der Waals surface area contributed by atoms with E-state index in [0.29, 0.717) is 21.2 Å². The summed E-state index contributed by atoms with van der Waals surface area (Å²) in [4.78, 5) is 7.82. The van der Waals surface area contributed by atoms with Crippen LogP contribution in [0.4, 0.5) is 0 Å². The smallest absolute Gasteiger partial charge is 0.212 e. The summed E-state index contributed by atoms with van der Waals surface area (Å²) in [5.74, 6) is 2.06. The standard InChI is InChI=1S/C20H16ClN3O2S/c1-25-14-7-8-15(18(9-14)26-2)16-10-22-20-23-17(11-24(20)19(16)27)12-3-5-13(21)6-4-12/h3-11H,1-2H3,(H,22,23). The van der Waals surface area contributed by atoms with E-state index < -0.39 is 0 Å². The first-order valence-electron chi connectivity index (χ1n) is 8.19. The predicted molar refractivity (Wildman–Crippen MR) is 109 cm³/mol. The highest BCUT2D eigenvalue weighted by molar-refractivity contribution is 7.71. The highest BCUT2D eigenvalue weighted by Crippen LogP contribution is 2.34. The van der Waals surface area contributed by atoms with Crippen molar-refractivity contribution in [3.8, 4) is 33.9 Å². The van der Waals surface area contributed by atoms with E-state index >= 15 is 0 Å². The molecule has 0 aliphatic heterocycles. The van der Waals surface area contributed by atoms with E-state index in [4.69, 9.17) is 33.3 Å². The van der Waals surface area contributed by atoms with Crippen LogP contribution in [0.5, 0.6) is 11.5 Å². The van der Waals surface area contributed by atoms with E-state index in [1.165, 1.54) is 0 Å². The zero-order valence-corrected chi connectivity index (χ0v) is 16.3. The third-order valence-corrected chi connectivity index (χ3v) is 5.02. The Hall–Kier alpha value is -2.83. The zero-order chi connectivity index (χ0) is 19.0. The van der Waals surface area contributed by atoms with E-state index in [-0.39, 0.29) is 0 Å². The summed E-state index contributed by atoms with van der Waals surface area (Å²) >= 11 is 11.7. The minimum atomic E-state index is 0.639. The molecule has 0 radical (unpaired) electrons. The molecule has 4 aromatic rings. The third kappa shape index (κ3) is 3.18. The Labute approximate surface area is 166 Å². The van der Waals surface area contributed by atoms with Crippen LogP contribution in [0.3, 0.4) is 0 Å². The lowest BCUT2D eigenvalue weighted by Crippen LogP contribution is -1.95. The Morgan fingerprint density at radius 1 is 1.04 bits per heavy atom. The second-order valence-corrected chi connectivity index (χ2v) is 6.73. The lowest BCUT2D eigenvalue weighted by molar-refractivity contribution is 0.395. The van der Waals surface area contributed by atoms with Crippen molar-refractivity contribution < 1.29 is 9.47 Å². The number of ether oxygens (including phenoxy) is 2. The molecule has 0 saturated carbocycles. The first kappa shape index (κ1) is 17.6. The van der Waals surface area contributed by atoms with Gasteiger partial charge in [0.25, 0.3) is 0 Å². The number of imidazole rings is 1. The van der Waals surface area contributed by atoms with Gasteiger partial charge in [-0.2, -0.15) is 0 Å². The van der Waals surface area contributed by atoms with E-state index in [9.17, 15) is 0 Å². The number of rotatable bonds is 4. The second kappa shape index (κ2) is 7.06. The Bertz CT molecular complexity index is 1180. The number of aromatic amines is 1. The molecule has 0 unspecified atom stereocenters. The molecule has 0 amide bonds. The van der Waals surface area contributed by atoms with Gasteiger partial charge in [0.15, 0.2) is 0 Å². The first-order valence-corrected chi connectivity index (χ1v) is 8.98. The summed E-state index contributed by atoms with van der Waals surface area (Å²) in [6, 6.07) is 13.2. The fourth-order valence-corrected chi connectivity index (χ4v) is 3.37. The molecular weight excluding hydrogens is 382 g/mol. The van der Waals surface area contributed by atoms with E-state index in [0.717, 1.165) is 28.1 Å². The molecule has 0 aliphatic carbocycles. The van der Waals surface area contributed by atoms with Gasteiger partial charge in [-0.1, -0.05) is 36.0 Å². The van der Waals surface area contributed by atoms with Gasteiger partial charge in [0.1, 0.15) is 16.1 Å². The van der Waals surface area contributed by atoms with Crippen molar-refractivity contribution in [2.75, 3.05) is 14.2 Å². The van der Waals surface area contributed by atoms with Gasteiger partial charge in [0, 0.05) is 34.6 Å². The highest BCUT2D eigenvalue weighted by Gasteiger charge is 2.13. The van der Waals surface area contributed by atoms with Crippen LogP contribution in [0.25, 0.3) is 28.2 Å². The van der Waals surface area contributed by atoms with Gasteiger partial charge in [-0.3, -0.25) is 4.40 Å². The molecule has 27 heavy (non-hydrogen) atoms. The quantitative estimate of drug-likeness (QED) is 0.468. The first-order chi connectivity index (χ1) is 13.1. The van der Waals surface area contributed by atoms with E-state index in [2.05, 4.69) is 9.97 Å². The Balaban J connectivity index is 1.86. The van der Waals surface area contributed by atoms with Gasteiger partial charge in [-0.15, -0.1) is 0 Å². The number of nitrogens with zero attached hydrogens (tertiary/aromatic N) is 2. The maximum atomic E-state index is 5.98. The van der Waals surface area contributed by atoms with Crippen molar-refractivity contribution in [1.82, 2.24) is 14.4 Å². The molecule has 1 N–H and O–H groups in total. The van der Waals surface area contributed by atoms with Crippen LogP contribution in [0.15, 0.2) is 54.9 Å². The lowest BCUT2D eigenvalue weighted by Gasteiger charge is -2.10. The molecule has 2 aromatic carbocycles. The minimum absolute atomic E-state index is 0.639. The number of H-pyrrole nitrogens is 1. The van der Waals surface area contributed by atoms with Crippen LogP contribution in [0.1, 0.15) is 0 Å². The van der Waals surface area contributed by atoms with Gasteiger partial charge in [-0.05, 0) is 29.8 Å². The summed E-state index contributed by atoms with van der Waals surface area (Å²) in [5, 5.41) is 0.693. The molecule has 0 aliphatic rings. The molecule has 0 saturated heterocycles. The maximum absolute atomic E-state index is 5.98.